The number of aryl methyl sites for hydroxylation is 1. The highest BCUT2D eigenvalue weighted by molar-refractivity contribution is 9.10. The van der Waals surface area contributed by atoms with Gasteiger partial charge in [0.1, 0.15) is 5.56 Å². The lowest BCUT2D eigenvalue weighted by atomic mass is 10.2. The molecule has 0 unspecified atom stereocenters. The van der Waals surface area contributed by atoms with Crippen LogP contribution in [0.4, 0.5) is 0 Å². The summed E-state index contributed by atoms with van der Waals surface area (Å²) < 4.78 is 7.45. The molecule has 0 spiro atoms. The van der Waals surface area contributed by atoms with Gasteiger partial charge in [0.05, 0.1) is 11.7 Å². The van der Waals surface area contributed by atoms with Gasteiger partial charge in [-0.3, -0.25) is 4.57 Å². The molecular formula is C12H11BrN2O2. The Hall–Kier alpha value is -1.62. The van der Waals surface area contributed by atoms with E-state index in [4.69, 9.17) is 4.74 Å². The summed E-state index contributed by atoms with van der Waals surface area (Å²) in [5.74, 6) is 0.168. The first kappa shape index (κ1) is 11.9. The zero-order chi connectivity index (χ0) is 12.4. The van der Waals surface area contributed by atoms with E-state index < -0.39 is 5.97 Å². The first-order chi connectivity index (χ1) is 8.15. The van der Waals surface area contributed by atoms with E-state index in [-0.39, 0.29) is 0 Å². The van der Waals surface area contributed by atoms with E-state index in [2.05, 4.69) is 20.9 Å². The van der Waals surface area contributed by atoms with Crippen molar-refractivity contribution in [2.75, 3.05) is 7.11 Å². The summed E-state index contributed by atoms with van der Waals surface area (Å²) >= 11 is 3.43. The van der Waals surface area contributed by atoms with Gasteiger partial charge in [-0.05, 0) is 47.1 Å². The number of ether oxygens (including phenoxy) is 1. The number of aromatic nitrogens is 2. The Bertz CT molecular complexity index is 544. The molecule has 0 N–H and O–H groups in total. The second kappa shape index (κ2) is 4.71. The zero-order valence-corrected chi connectivity index (χ0v) is 11.1. The minimum Gasteiger partial charge on any atom is -0.465 e. The van der Waals surface area contributed by atoms with E-state index in [9.17, 15) is 4.79 Å². The summed E-state index contributed by atoms with van der Waals surface area (Å²) in [6, 6.07) is 7.26. The number of halogens is 1. The molecule has 0 aliphatic rings. The van der Waals surface area contributed by atoms with Crippen LogP contribution in [0.15, 0.2) is 35.1 Å². The molecule has 2 rings (SSSR count). The first-order valence-corrected chi connectivity index (χ1v) is 5.82. The Balaban J connectivity index is 2.64. The third-order valence-corrected chi connectivity index (χ3v) is 3.05. The number of carbonyl (C=O) groups is 1. The van der Waals surface area contributed by atoms with Crippen molar-refractivity contribution in [3.8, 4) is 5.82 Å². The Morgan fingerprint density at radius 1 is 1.41 bits per heavy atom. The monoisotopic (exact) mass is 294 g/mol. The SMILES string of the molecule is COC(=O)c1cccnc1-n1c(C)ccc1Br. The van der Waals surface area contributed by atoms with E-state index >= 15 is 0 Å². The maximum absolute atomic E-state index is 11.7. The molecule has 4 nitrogen and oxygen atoms in total. The average molecular weight is 295 g/mol. The van der Waals surface area contributed by atoms with Crippen molar-refractivity contribution in [2.45, 2.75) is 6.92 Å². The molecule has 17 heavy (non-hydrogen) atoms. The molecule has 0 atom stereocenters. The highest BCUT2D eigenvalue weighted by atomic mass is 79.9. The van der Waals surface area contributed by atoms with Crippen molar-refractivity contribution in [3.05, 3.63) is 46.3 Å². The lowest BCUT2D eigenvalue weighted by molar-refractivity contribution is 0.0600. The van der Waals surface area contributed by atoms with E-state index in [0.29, 0.717) is 11.4 Å². The summed E-state index contributed by atoms with van der Waals surface area (Å²) in [6.07, 6.45) is 1.65. The highest BCUT2D eigenvalue weighted by Crippen LogP contribution is 2.22. The fourth-order valence-electron chi connectivity index (χ4n) is 1.62. The van der Waals surface area contributed by atoms with Crippen molar-refractivity contribution in [1.82, 2.24) is 9.55 Å². The Labute approximate surface area is 107 Å². The van der Waals surface area contributed by atoms with Crippen LogP contribution in [0.5, 0.6) is 0 Å². The second-order valence-electron chi connectivity index (χ2n) is 3.50. The van der Waals surface area contributed by atoms with Crippen LogP contribution in [-0.2, 0) is 4.74 Å². The third-order valence-electron chi connectivity index (χ3n) is 2.43. The quantitative estimate of drug-likeness (QED) is 0.800. The molecule has 2 aromatic heterocycles. The van der Waals surface area contributed by atoms with Gasteiger partial charge in [-0.2, -0.15) is 0 Å². The van der Waals surface area contributed by atoms with Crippen LogP contribution in [0.2, 0.25) is 0 Å². The number of pyridine rings is 1. The van der Waals surface area contributed by atoms with Gasteiger partial charge in [-0.25, -0.2) is 9.78 Å². The fourth-order valence-corrected chi connectivity index (χ4v) is 2.20. The number of esters is 1. The van der Waals surface area contributed by atoms with E-state index in [1.807, 2.05) is 23.6 Å². The van der Waals surface area contributed by atoms with Crippen molar-refractivity contribution in [1.29, 1.82) is 0 Å². The lowest BCUT2D eigenvalue weighted by Gasteiger charge is -2.10. The van der Waals surface area contributed by atoms with Gasteiger partial charge in [-0.15, -0.1) is 0 Å². The van der Waals surface area contributed by atoms with Crippen LogP contribution in [0.1, 0.15) is 16.1 Å². The number of carbonyl (C=O) groups excluding carboxylic acids is 1. The Kier molecular flexibility index (Phi) is 3.28. The van der Waals surface area contributed by atoms with Gasteiger partial charge in [0.15, 0.2) is 5.82 Å². The van der Waals surface area contributed by atoms with Gasteiger partial charge in [0.2, 0.25) is 0 Å². The van der Waals surface area contributed by atoms with Crippen LogP contribution in [-0.4, -0.2) is 22.6 Å². The van der Waals surface area contributed by atoms with Gasteiger partial charge in [0.25, 0.3) is 0 Å². The van der Waals surface area contributed by atoms with Crippen molar-refractivity contribution in [3.63, 3.8) is 0 Å². The molecule has 0 bridgehead atoms. The van der Waals surface area contributed by atoms with Gasteiger partial charge < -0.3 is 4.74 Å². The fraction of sp³-hybridized carbons (Fsp3) is 0.167. The third kappa shape index (κ3) is 2.10. The standard InChI is InChI=1S/C12H11BrN2O2/c1-8-5-6-10(13)15(8)11-9(12(16)17-2)4-3-7-14-11/h3-7H,1-2H3. The summed E-state index contributed by atoms with van der Waals surface area (Å²) in [5, 5.41) is 0. The number of nitrogens with zero attached hydrogens (tertiary/aromatic N) is 2. The maximum Gasteiger partial charge on any atom is 0.341 e. The average Bonchev–Trinajstić information content (AvgIpc) is 2.68. The summed E-state index contributed by atoms with van der Waals surface area (Å²) in [6.45, 7) is 1.94. The normalized spacial score (nSPS) is 10.3. The molecule has 0 radical (unpaired) electrons. The van der Waals surface area contributed by atoms with E-state index in [1.165, 1.54) is 7.11 Å². The Morgan fingerprint density at radius 2 is 2.18 bits per heavy atom. The molecule has 88 valence electrons. The molecule has 0 amide bonds. The Morgan fingerprint density at radius 3 is 2.76 bits per heavy atom. The molecule has 0 saturated carbocycles. The number of hydrogen-bond acceptors (Lipinski definition) is 3. The summed E-state index contributed by atoms with van der Waals surface area (Å²) in [5.41, 5.74) is 1.43. The zero-order valence-electron chi connectivity index (χ0n) is 9.48. The summed E-state index contributed by atoms with van der Waals surface area (Å²) in [4.78, 5) is 15.9. The van der Waals surface area contributed by atoms with Crippen molar-refractivity contribution < 1.29 is 9.53 Å². The van der Waals surface area contributed by atoms with Crippen molar-refractivity contribution >= 4 is 21.9 Å². The second-order valence-corrected chi connectivity index (χ2v) is 4.31. The van der Waals surface area contributed by atoms with Gasteiger partial charge in [0, 0.05) is 11.9 Å². The van der Waals surface area contributed by atoms with E-state index in [0.717, 1.165) is 10.3 Å². The number of methoxy groups -OCH3 is 1. The minimum atomic E-state index is -0.395. The van der Waals surface area contributed by atoms with Crippen molar-refractivity contribution in [2.24, 2.45) is 0 Å². The summed E-state index contributed by atoms with van der Waals surface area (Å²) in [7, 11) is 1.36. The predicted molar refractivity (Wildman–Crippen MR) is 67.3 cm³/mol. The minimum absolute atomic E-state index is 0.395. The largest absolute Gasteiger partial charge is 0.465 e. The topological polar surface area (TPSA) is 44.1 Å². The highest BCUT2D eigenvalue weighted by Gasteiger charge is 2.16. The van der Waals surface area contributed by atoms with Crippen LogP contribution >= 0.6 is 15.9 Å². The number of rotatable bonds is 2. The predicted octanol–water partition coefficient (Wildman–Crippen LogP) is 2.73. The van der Waals surface area contributed by atoms with Gasteiger partial charge >= 0.3 is 5.97 Å². The smallest absolute Gasteiger partial charge is 0.341 e. The number of hydrogen-bond donors (Lipinski definition) is 0. The van der Waals surface area contributed by atoms with Crippen LogP contribution < -0.4 is 0 Å². The molecule has 2 heterocycles. The van der Waals surface area contributed by atoms with Crippen LogP contribution in [0.25, 0.3) is 5.82 Å². The molecule has 0 saturated heterocycles. The first-order valence-electron chi connectivity index (χ1n) is 5.02. The molecule has 5 heteroatoms. The molecule has 0 aliphatic carbocycles. The molecule has 2 aromatic rings. The van der Waals surface area contributed by atoms with Crippen LogP contribution in [0.3, 0.4) is 0 Å². The molecule has 0 aromatic carbocycles. The maximum atomic E-state index is 11.7. The molecular weight excluding hydrogens is 284 g/mol. The van der Waals surface area contributed by atoms with Crippen LogP contribution in [0, 0.1) is 6.92 Å². The van der Waals surface area contributed by atoms with E-state index in [1.54, 1.807) is 18.3 Å². The molecule has 0 fully saturated rings. The lowest BCUT2D eigenvalue weighted by Crippen LogP contribution is -2.10. The molecule has 0 aliphatic heterocycles. The van der Waals surface area contributed by atoms with Gasteiger partial charge in [-0.1, -0.05) is 0 Å².